The summed E-state index contributed by atoms with van der Waals surface area (Å²) in [6.45, 7) is 5.23. The van der Waals surface area contributed by atoms with Crippen molar-refractivity contribution in [1.82, 2.24) is 0 Å². The number of likely N-dealkylation sites (N-methyl/N-ethyl adjacent to an activating group) is 1. The summed E-state index contributed by atoms with van der Waals surface area (Å²) in [6.07, 6.45) is 16.0. The van der Waals surface area contributed by atoms with Crippen molar-refractivity contribution in [3.63, 3.8) is 0 Å². The summed E-state index contributed by atoms with van der Waals surface area (Å²) in [5.41, 5.74) is 1.35. The minimum atomic E-state index is -0.258. The molecule has 27 heavy (non-hydrogen) atoms. The van der Waals surface area contributed by atoms with Gasteiger partial charge in [-0.15, -0.1) is 0 Å². The summed E-state index contributed by atoms with van der Waals surface area (Å²) in [5.74, 6) is 0. The van der Waals surface area contributed by atoms with Crippen molar-refractivity contribution in [3.8, 4) is 0 Å². The molecule has 0 aliphatic heterocycles. The Kier molecular flexibility index (Phi) is 12.7. The molecule has 156 valence electrons. The Morgan fingerprint density at radius 2 is 1.26 bits per heavy atom. The maximum Gasteiger partial charge on any atom is 0.115 e. The van der Waals surface area contributed by atoms with E-state index in [0.717, 1.165) is 17.4 Å². The van der Waals surface area contributed by atoms with Gasteiger partial charge in [-0.25, -0.2) is 0 Å². The van der Waals surface area contributed by atoms with Crippen LogP contribution in [0.15, 0.2) is 30.3 Å². The van der Waals surface area contributed by atoms with Crippen LogP contribution in [0.3, 0.4) is 0 Å². The largest absolute Gasteiger partial charge is 0.387 e. The molecule has 1 rings (SSSR count). The first kappa shape index (κ1) is 24.2. The van der Waals surface area contributed by atoms with Gasteiger partial charge in [0.25, 0.3) is 0 Å². The molecule has 2 nitrogen and oxygen atoms in total. The fraction of sp³-hybridized carbons (Fsp3) is 0.760. The van der Waals surface area contributed by atoms with E-state index in [-0.39, 0.29) is 6.10 Å². The van der Waals surface area contributed by atoms with Crippen molar-refractivity contribution in [2.75, 3.05) is 14.1 Å². The standard InChI is InChI=1S/C25H46NO/c1-5-6-7-8-9-10-11-12-13-14-18-21-25(23(2)27)26(3,4)22-24-19-16-15-17-20-24/h15-17,19-20,23,25,27H,5-14,18,21-22H2,1-4H3/q+1. The van der Waals surface area contributed by atoms with Crippen LogP contribution >= 0.6 is 0 Å². The van der Waals surface area contributed by atoms with Crippen LogP contribution in [0.2, 0.25) is 0 Å². The summed E-state index contributed by atoms with van der Waals surface area (Å²) >= 11 is 0. The highest BCUT2D eigenvalue weighted by Gasteiger charge is 2.31. The summed E-state index contributed by atoms with van der Waals surface area (Å²) in [4.78, 5) is 0. The minimum Gasteiger partial charge on any atom is -0.387 e. The lowest BCUT2D eigenvalue weighted by Crippen LogP contribution is -2.53. The maximum absolute atomic E-state index is 10.4. The monoisotopic (exact) mass is 376 g/mol. The van der Waals surface area contributed by atoms with E-state index in [2.05, 4.69) is 51.4 Å². The zero-order chi connectivity index (χ0) is 20.0. The number of aliphatic hydroxyl groups is 1. The molecule has 0 saturated carbocycles. The van der Waals surface area contributed by atoms with E-state index in [1.165, 1.54) is 76.2 Å². The van der Waals surface area contributed by atoms with E-state index in [4.69, 9.17) is 0 Å². The van der Waals surface area contributed by atoms with E-state index < -0.39 is 0 Å². The Morgan fingerprint density at radius 3 is 1.74 bits per heavy atom. The number of benzene rings is 1. The molecule has 1 aromatic carbocycles. The van der Waals surface area contributed by atoms with Gasteiger partial charge >= 0.3 is 0 Å². The topological polar surface area (TPSA) is 20.2 Å². The third-order valence-corrected chi connectivity index (χ3v) is 5.99. The number of hydrogen-bond acceptors (Lipinski definition) is 1. The van der Waals surface area contributed by atoms with Gasteiger partial charge in [0, 0.05) is 12.0 Å². The molecular formula is C25H46NO+. The van der Waals surface area contributed by atoms with Gasteiger partial charge in [-0.2, -0.15) is 0 Å². The molecule has 0 spiro atoms. The highest BCUT2D eigenvalue weighted by molar-refractivity contribution is 5.13. The van der Waals surface area contributed by atoms with Crippen molar-refractivity contribution in [1.29, 1.82) is 0 Å². The highest BCUT2D eigenvalue weighted by atomic mass is 16.3. The predicted octanol–water partition coefficient (Wildman–Crippen LogP) is 6.71. The van der Waals surface area contributed by atoms with Crippen LogP contribution in [0.4, 0.5) is 0 Å². The second-order valence-corrected chi connectivity index (χ2v) is 9.05. The Labute approximate surface area is 169 Å². The van der Waals surface area contributed by atoms with Gasteiger partial charge in [-0.1, -0.05) is 101 Å². The first-order valence-electron chi connectivity index (χ1n) is 11.5. The molecule has 0 radical (unpaired) electrons. The van der Waals surface area contributed by atoms with Gasteiger partial charge in [0.1, 0.15) is 18.7 Å². The van der Waals surface area contributed by atoms with E-state index in [1.54, 1.807) is 0 Å². The molecule has 0 amide bonds. The minimum absolute atomic E-state index is 0.258. The number of nitrogens with zero attached hydrogens (tertiary/aromatic N) is 1. The van der Waals surface area contributed by atoms with E-state index in [0.29, 0.717) is 6.04 Å². The lowest BCUT2D eigenvalue weighted by molar-refractivity contribution is -0.931. The lowest BCUT2D eigenvalue weighted by atomic mass is 9.98. The molecule has 1 aromatic rings. The molecule has 2 heteroatoms. The number of quaternary nitrogens is 1. The van der Waals surface area contributed by atoms with Crippen LogP contribution in [0.5, 0.6) is 0 Å². The molecule has 2 atom stereocenters. The van der Waals surface area contributed by atoms with E-state index in [1.807, 2.05) is 6.92 Å². The van der Waals surface area contributed by atoms with Crippen LogP contribution < -0.4 is 0 Å². The summed E-state index contributed by atoms with van der Waals surface area (Å²) < 4.78 is 0.861. The second-order valence-electron chi connectivity index (χ2n) is 9.05. The van der Waals surface area contributed by atoms with Crippen molar-refractivity contribution >= 4 is 0 Å². The molecule has 0 aliphatic carbocycles. The summed E-state index contributed by atoms with van der Waals surface area (Å²) in [5, 5.41) is 10.4. The lowest BCUT2D eigenvalue weighted by Gasteiger charge is -2.40. The Morgan fingerprint density at radius 1 is 0.778 bits per heavy atom. The van der Waals surface area contributed by atoms with Gasteiger partial charge in [0.05, 0.1) is 14.1 Å². The van der Waals surface area contributed by atoms with Gasteiger partial charge in [-0.05, 0) is 13.3 Å². The Bertz CT molecular complexity index is 455. The average molecular weight is 377 g/mol. The van der Waals surface area contributed by atoms with Crippen LogP contribution in [0.25, 0.3) is 0 Å². The number of unbranched alkanes of at least 4 members (excludes halogenated alkanes) is 10. The first-order chi connectivity index (χ1) is 13.0. The quantitative estimate of drug-likeness (QED) is 0.251. The molecule has 2 unspecified atom stereocenters. The maximum atomic E-state index is 10.4. The molecular weight excluding hydrogens is 330 g/mol. The smallest absolute Gasteiger partial charge is 0.115 e. The molecule has 1 N–H and O–H groups in total. The first-order valence-corrected chi connectivity index (χ1v) is 11.5. The third kappa shape index (κ3) is 10.9. The van der Waals surface area contributed by atoms with Crippen LogP contribution in [-0.2, 0) is 6.54 Å². The van der Waals surface area contributed by atoms with Gasteiger partial charge in [0.2, 0.25) is 0 Å². The van der Waals surface area contributed by atoms with Gasteiger partial charge in [-0.3, -0.25) is 0 Å². The summed E-state index contributed by atoms with van der Waals surface area (Å²) in [6, 6.07) is 11.0. The molecule has 0 bridgehead atoms. The third-order valence-electron chi connectivity index (χ3n) is 5.99. The van der Waals surface area contributed by atoms with Crippen LogP contribution in [0, 0.1) is 0 Å². The Balaban J connectivity index is 2.21. The zero-order valence-electron chi connectivity index (χ0n) is 18.6. The summed E-state index contributed by atoms with van der Waals surface area (Å²) in [7, 11) is 4.53. The fourth-order valence-corrected chi connectivity index (χ4v) is 4.36. The Hall–Kier alpha value is -0.860. The fourth-order valence-electron chi connectivity index (χ4n) is 4.36. The highest BCUT2D eigenvalue weighted by Crippen LogP contribution is 2.22. The average Bonchev–Trinajstić information content (AvgIpc) is 2.62. The van der Waals surface area contributed by atoms with Crippen molar-refractivity contribution < 1.29 is 9.59 Å². The number of rotatable bonds is 16. The second kappa shape index (κ2) is 14.2. The van der Waals surface area contributed by atoms with Gasteiger partial charge < -0.3 is 9.59 Å². The number of hydrogen-bond donors (Lipinski definition) is 1. The van der Waals surface area contributed by atoms with Crippen molar-refractivity contribution in [2.24, 2.45) is 0 Å². The van der Waals surface area contributed by atoms with E-state index >= 15 is 0 Å². The normalized spacial score (nSPS) is 14.3. The molecule has 0 aliphatic rings. The SMILES string of the molecule is CCCCCCCCCCCCCC(C(C)O)[N+](C)(C)Cc1ccccc1. The molecule has 0 fully saturated rings. The predicted molar refractivity (Wildman–Crippen MR) is 119 cm³/mol. The van der Waals surface area contributed by atoms with Crippen LogP contribution in [-0.4, -0.2) is 35.8 Å². The molecule has 0 heterocycles. The van der Waals surface area contributed by atoms with Crippen molar-refractivity contribution in [3.05, 3.63) is 35.9 Å². The van der Waals surface area contributed by atoms with Crippen LogP contribution in [0.1, 0.15) is 96.5 Å². The van der Waals surface area contributed by atoms with Crippen molar-refractivity contribution in [2.45, 2.75) is 110 Å². The zero-order valence-corrected chi connectivity index (χ0v) is 18.6. The van der Waals surface area contributed by atoms with E-state index in [9.17, 15) is 5.11 Å². The molecule has 0 saturated heterocycles. The molecule has 0 aromatic heterocycles. The van der Waals surface area contributed by atoms with Gasteiger partial charge in [0.15, 0.2) is 0 Å². The number of aliphatic hydroxyl groups excluding tert-OH is 1.